The van der Waals surface area contributed by atoms with Gasteiger partial charge in [0, 0.05) is 54.1 Å². The molecule has 4 heterocycles. The van der Waals surface area contributed by atoms with Crippen molar-refractivity contribution in [1.29, 1.82) is 0 Å². The number of aromatic nitrogens is 4. The third-order valence-electron chi connectivity index (χ3n) is 7.43. The lowest BCUT2D eigenvalue weighted by atomic mass is 10.0. The number of piperidine rings is 1. The molecule has 1 saturated heterocycles. The number of fused-ring (bicyclic) bond motifs is 1. The molecule has 40 heavy (non-hydrogen) atoms. The number of nitrogens with zero attached hydrogens (tertiary/aromatic N) is 5. The molecule has 0 amide bonds. The SMILES string of the molecule is Cc1nc(N[C@@H](C)c2cccc(-c3cnc(N4CCC(O)CC4)nc3)c2)cc(-c2cc(F)c3occ(C)c3c2)n1. The molecule has 204 valence electrons. The number of aliphatic hydroxyl groups is 1. The Labute approximate surface area is 232 Å². The molecule has 1 fully saturated rings. The molecule has 0 unspecified atom stereocenters. The van der Waals surface area contributed by atoms with E-state index in [-0.39, 0.29) is 17.7 Å². The van der Waals surface area contributed by atoms with E-state index in [4.69, 9.17) is 4.42 Å². The smallest absolute Gasteiger partial charge is 0.225 e. The van der Waals surface area contributed by atoms with Crippen LogP contribution in [0, 0.1) is 19.7 Å². The lowest BCUT2D eigenvalue weighted by Gasteiger charge is -2.29. The maximum Gasteiger partial charge on any atom is 0.225 e. The van der Waals surface area contributed by atoms with Gasteiger partial charge in [-0.2, -0.15) is 0 Å². The van der Waals surface area contributed by atoms with Crippen LogP contribution in [0.2, 0.25) is 0 Å². The van der Waals surface area contributed by atoms with E-state index < -0.39 is 5.82 Å². The first-order chi connectivity index (χ1) is 19.3. The maximum absolute atomic E-state index is 14.7. The molecule has 3 aromatic heterocycles. The van der Waals surface area contributed by atoms with Gasteiger partial charge >= 0.3 is 0 Å². The molecule has 9 heteroatoms. The number of benzene rings is 2. The van der Waals surface area contributed by atoms with Crippen LogP contribution in [0.15, 0.2) is 65.5 Å². The van der Waals surface area contributed by atoms with Crippen molar-refractivity contribution in [3.63, 3.8) is 0 Å². The molecule has 2 N–H and O–H groups in total. The lowest BCUT2D eigenvalue weighted by molar-refractivity contribution is 0.145. The van der Waals surface area contributed by atoms with Crippen molar-refractivity contribution in [2.24, 2.45) is 0 Å². The maximum atomic E-state index is 14.7. The van der Waals surface area contributed by atoms with Gasteiger partial charge in [0.2, 0.25) is 5.95 Å². The lowest BCUT2D eigenvalue weighted by Crippen LogP contribution is -2.36. The summed E-state index contributed by atoms with van der Waals surface area (Å²) < 4.78 is 20.1. The Hall–Kier alpha value is -4.37. The Balaban J connectivity index is 1.21. The monoisotopic (exact) mass is 538 g/mol. The number of hydrogen-bond acceptors (Lipinski definition) is 8. The van der Waals surface area contributed by atoms with Gasteiger partial charge in [0.15, 0.2) is 11.4 Å². The Morgan fingerprint density at radius 2 is 1.77 bits per heavy atom. The van der Waals surface area contributed by atoms with Crippen molar-refractivity contribution in [3.8, 4) is 22.4 Å². The first-order valence-corrected chi connectivity index (χ1v) is 13.5. The second-order valence-corrected chi connectivity index (χ2v) is 10.4. The van der Waals surface area contributed by atoms with Crippen LogP contribution >= 0.6 is 0 Å². The minimum Gasteiger partial charge on any atom is -0.461 e. The molecule has 2 aromatic carbocycles. The number of aliphatic hydroxyl groups excluding tert-OH is 1. The molecule has 0 aliphatic carbocycles. The summed E-state index contributed by atoms with van der Waals surface area (Å²) in [6, 6.07) is 13.4. The van der Waals surface area contributed by atoms with Crippen LogP contribution in [0.5, 0.6) is 0 Å². The first-order valence-electron chi connectivity index (χ1n) is 13.5. The van der Waals surface area contributed by atoms with Gasteiger partial charge in [0.25, 0.3) is 0 Å². The highest BCUT2D eigenvalue weighted by molar-refractivity contribution is 5.86. The summed E-state index contributed by atoms with van der Waals surface area (Å²) in [5, 5.41) is 14.0. The Kier molecular flexibility index (Phi) is 6.89. The van der Waals surface area contributed by atoms with Crippen molar-refractivity contribution >= 4 is 22.7 Å². The minimum absolute atomic E-state index is 0.0580. The number of nitrogens with one attached hydrogen (secondary N) is 1. The summed E-state index contributed by atoms with van der Waals surface area (Å²) in [4.78, 5) is 20.4. The van der Waals surface area contributed by atoms with Crippen molar-refractivity contribution in [2.45, 2.75) is 45.8 Å². The Bertz CT molecular complexity index is 1660. The largest absolute Gasteiger partial charge is 0.461 e. The van der Waals surface area contributed by atoms with E-state index in [1.165, 1.54) is 6.07 Å². The highest BCUT2D eigenvalue weighted by atomic mass is 19.1. The molecule has 8 nitrogen and oxygen atoms in total. The minimum atomic E-state index is -0.414. The van der Waals surface area contributed by atoms with Crippen LogP contribution < -0.4 is 10.2 Å². The highest BCUT2D eigenvalue weighted by Crippen LogP contribution is 2.31. The summed E-state index contributed by atoms with van der Waals surface area (Å²) in [5.41, 5.74) is 5.46. The van der Waals surface area contributed by atoms with E-state index in [2.05, 4.69) is 49.2 Å². The highest BCUT2D eigenvalue weighted by Gasteiger charge is 2.19. The molecule has 1 aliphatic rings. The van der Waals surface area contributed by atoms with E-state index in [1.807, 2.05) is 50.5 Å². The fraction of sp³-hybridized carbons (Fsp3) is 0.290. The zero-order chi connectivity index (χ0) is 27.8. The second kappa shape index (κ2) is 10.7. The number of hydrogen-bond donors (Lipinski definition) is 2. The van der Waals surface area contributed by atoms with Gasteiger partial charge in [0.05, 0.1) is 18.1 Å². The summed E-state index contributed by atoms with van der Waals surface area (Å²) >= 11 is 0. The van der Waals surface area contributed by atoms with Gasteiger partial charge in [-0.25, -0.2) is 24.3 Å². The van der Waals surface area contributed by atoms with Gasteiger partial charge in [0.1, 0.15) is 11.6 Å². The van der Waals surface area contributed by atoms with Crippen LogP contribution in [0.4, 0.5) is 16.2 Å². The van der Waals surface area contributed by atoms with Crippen LogP contribution in [0.1, 0.15) is 42.8 Å². The summed E-state index contributed by atoms with van der Waals surface area (Å²) in [5.74, 6) is 1.53. The van der Waals surface area contributed by atoms with Crippen molar-refractivity contribution in [1.82, 2.24) is 19.9 Å². The Morgan fingerprint density at radius 3 is 2.55 bits per heavy atom. The fourth-order valence-corrected chi connectivity index (χ4v) is 5.15. The van der Waals surface area contributed by atoms with Crippen LogP contribution in [-0.4, -0.2) is 44.2 Å². The second-order valence-electron chi connectivity index (χ2n) is 10.4. The van der Waals surface area contributed by atoms with Crippen LogP contribution in [0.3, 0.4) is 0 Å². The van der Waals surface area contributed by atoms with E-state index >= 15 is 0 Å². The summed E-state index contributed by atoms with van der Waals surface area (Å²) in [6.45, 7) is 7.31. The fourth-order valence-electron chi connectivity index (χ4n) is 5.15. The predicted molar refractivity (Wildman–Crippen MR) is 154 cm³/mol. The number of halogens is 1. The number of anilines is 2. The van der Waals surface area contributed by atoms with E-state index in [0.29, 0.717) is 28.8 Å². The third-order valence-corrected chi connectivity index (χ3v) is 7.43. The van der Waals surface area contributed by atoms with Gasteiger partial charge in [-0.1, -0.05) is 18.2 Å². The molecular weight excluding hydrogens is 507 g/mol. The van der Waals surface area contributed by atoms with Gasteiger partial charge in [-0.3, -0.25) is 0 Å². The topological polar surface area (TPSA) is 100 Å². The average molecular weight is 539 g/mol. The molecule has 0 saturated carbocycles. The molecule has 0 spiro atoms. The average Bonchev–Trinajstić information content (AvgIpc) is 3.34. The molecule has 1 atom stereocenters. The molecule has 6 rings (SSSR count). The standard InChI is InChI=1S/C31H31FN6O2/c1-18-17-40-30-26(18)12-23(13-27(30)32)28-14-29(37-20(3)36-28)35-19(2)21-5-4-6-22(11-21)24-15-33-31(34-16-24)38-9-7-25(39)8-10-38/h4-6,11-17,19,25,39H,7-10H2,1-3H3,(H,35,36,37)/t19-/m0/s1. The number of furan rings is 1. The molecule has 5 aromatic rings. The zero-order valence-corrected chi connectivity index (χ0v) is 22.7. The summed E-state index contributed by atoms with van der Waals surface area (Å²) in [6.07, 6.45) is 6.51. The number of rotatable bonds is 6. The Morgan fingerprint density at radius 1 is 1.00 bits per heavy atom. The van der Waals surface area contributed by atoms with Gasteiger partial charge in [-0.05, 0) is 68.5 Å². The number of aryl methyl sites for hydroxylation is 2. The third kappa shape index (κ3) is 5.24. The molecule has 0 bridgehead atoms. The zero-order valence-electron chi connectivity index (χ0n) is 22.7. The first kappa shape index (κ1) is 25.9. The van der Waals surface area contributed by atoms with Crippen LogP contribution in [-0.2, 0) is 0 Å². The van der Waals surface area contributed by atoms with Crippen molar-refractivity contribution < 1.29 is 13.9 Å². The molecule has 0 radical (unpaired) electrons. The van der Waals surface area contributed by atoms with E-state index in [1.54, 1.807) is 6.26 Å². The molecular formula is C31H31FN6O2. The normalized spacial score (nSPS) is 15.0. The predicted octanol–water partition coefficient (Wildman–Crippen LogP) is 6.24. The summed E-state index contributed by atoms with van der Waals surface area (Å²) in [7, 11) is 0. The van der Waals surface area contributed by atoms with Crippen molar-refractivity contribution in [3.05, 3.63) is 83.9 Å². The van der Waals surface area contributed by atoms with Gasteiger partial charge in [-0.15, -0.1) is 0 Å². The quantitative estimate of drug-likeness (QED) is 0.262. The van der Waals surface area contributed by atoms with E-state index in [0.717, 1.165) is 53.6 Å². The van der Waals surface area contributed by atoms with Crippen molar-refractivity contribution in [2.75, 3.05) is 23.3 Å². The molecule has 1 aliphatic heterocycles. The van der Waals surface area contributed by atoms with Gasteiger partial charge < -0.3 is 19.7 Å². The van der Waals surface area contributed by atoms with E-state index in [9.17, 15) is 9.50 Å². The van der Waals surface area contributed by atoms with Crippen LogP contribution in [0.25, 0.3) is 33.4 Å².